The highest BCUT2D eigenvalue weighted by molar-refractivity contribution is 6.23. The SMILES string of the molecule is CC(=O)N1CC(C)(C)c2ccc(N3C(=O)N(C)[C@@](C)(Cc4ccnc5ccccc45)C3=O)cc21. The molecule has 0 bridgehead atoms. The average Bonchev–Trinajstić information content (AvgIpc) is 3.17. The summed E-state index contributed by atoms with van der Waals surface area (Å²) in [6.45, 7) is 8.08. The van der Waals surface area contributed by atoms with Crippen LogP contribution in [0.4, 0.5) is 16.2 Å². The Labute approximate surface area is 199 Å². The van der Waals surface area contributed by atoms with Crippen molar-refractivity contribution in [1.29, 1.82) is 0 Å². The zero-order valence-corrected chi connectivity index (χ0v) is 20.1. The number of benzene rings is 2. The van der Waals surface area contributed by atoms with Crippen molar-refractivity contribution in [2.24, 2.45) is 0 Å². The number of aromatic nitrogens is 1. The van der Waals surface area contributed by atoms with Crippen molar-refractivity contribution in [3.05, 3.63) is 65.9 Å². The van der Waals surface area contributed by atoms with Crippen LogP contribution in [-0.4, -0.2) is 46.9 Å². The molecule has 0 radical (unpaired) electrons. The Bertz CT molecular complexity index is 1360. The van der Waals surface area contributed by atoms with Crippen LogP contribution in [0.15, 0.2) is 54.7 Å². The van der Waals surface area contributed by atoms with Crippen LogP contribution in [0.3, 0.4) is 0 Å². The largest absolute Gasteiger partial charge is 0.332 e. The number of hydrogen-bond donors (Lipinski definition) is 0. The number of imide groups is 1. The highest BCUT2D eigenvalue weighted by Gasteiger charge is 2.53. The number of pyridine rings is 1. The lowest BCUT2D eigenvalue weighted by Gasteiger charge is -2.29. The Morgan fingerprint density at radius 3 is 2.53 bits per heavy atom. The Kier molecular flexibility index (Phi) is 4.79. The maximum absolute atomic E-state index is 13.8. The number of fused-ring (bicyclic) bond motifs is 2. The summed E-state index contributed by atoms with van der Waals surface area (Å²) in [4.78, 5) is 48.3. The van der Waals surface area contributed by atoms with Gasteiger partial charge in [-0.3, -0.25) is 14.6 Å². The minimum atomic E-state index is -1.06. The van der Waals surface area contributed by atoms with E-state index in [4.69, 9.17) is 0 Å². The fraction of sp³-hybridized carbons (Fsp3) is 0.333. The second kappa shape index (κ2) is 7.38. The molecule has 2 aliphatic rings. The first-order chi connectivity index (χ1) is 16.0. The molecule has 2 aromatic carbocycles. The van der Waals surface area contributed by atoms with Crippen molar-refractivity contribution in [2.75, 3.05) is 23.4 Å². The van der Waals surface area contributed by atoms with Crippen LogP contribution >= 0.6 is 0 Å². The van der Waals surface area contributed by atoms with E-state index in [1.807, 2.05) is 36.4 Å². The number of likely N-dealkylation sites (N-methyl/N-ethyl adjacent to an activating group) is 1. The van der Waals surface area contributed by atoms with Crippen LogP contribution in [0.1, 0.15) is 38.8 Å². The Hall–Kier alpha value is -3.74. The molecule has 3 aromatic rings. The molecule has 0 unspecified atom stereocenters. The third-order valence-corrected chi connectivity index (χ3v) is 7.35. The molecular weight excluding hydrogens is 428 g/mol. The van der Waals surface area contributed by atoms with Gasteiger partial charge in [0, 0.05) is 49.6 Å². The lowest BCUT2D eigenvalue weighted by atomic mass is 9.87. The Morgan fingerprint density at radius 1 is 1.06 bits per heavy atom. The fourth-order valence-electron chi connectivity index (χ4n) is 5.24. The number of rotatable bonds is 3. The van der Waals surface area contributed by atoms with Gasteiger partial charge in [-0.1, -0.05) is 38.1 Å². The van der Waals surface area contributed by atoms with Crippen molar-refractivity contribution < 1.29 is 14.4 Å². The minimum Gasteiger partial charge on any atom is -0.312 e. The Balaban J connectivity index is 1.54. The zero-order valence-electron chi connectivity index (χ0n) is 20.1. The second-order valence-electron chi connectivity index (χ2n) is 10.1. The van der Waals surface area contributed by atoms with Crippen molar-refractivity contribution in [1.82, 2.24) is 9.88 Å². The van der Waals surface area contributed by atoms with Crippen LogP contribution in [0, 0.1) is 0 Å². The van der Waals surface area contributed by atoms with Crippen LogP contribution in [0.5, 0.6) is 0 Å². The number of nitrogens with zero attached hydrogens (tertiary/aromatic N) is 4. The maximum Gasteiger partial charge on any atom is 0.332 e. The molecule has 7 heteroatoms. The third kappa shape index (κ3) is 3.10. The molecule has 34 heavy (non-hydrogen) atoms. The van der Waals surface area contributed by atoms with Gasteiger partial charge in [-0.2, -0.15) is 0 Å². The summed E-state index contributed by atoms with van der Waals surface area (Å²) in [5.74, 6) is -0.345. The summed E-state index contributed by atoms with van der Waals surface area (Å²) < 4.78 is 0. The van der Waals surface area contributed by atoms with Gasteiger partial charge >= 0.3 is 6.03 Å². The maximum atomic E-state index is 13.8. The average molecular weight is 457 g/mol. The number of urea groups is 1. The quantitative estimate of drug-likeness (QED) is 0.552. The molecule has 0 spiro atoms. The van der Waals surface area contributed by atoms with Crippen molar-refractivity contribution >= 4 is 40.1 Å². The highest BCUT2D eigenvalue weighted by Crippen LogP contribution is 2.44. The van der Waals surface area contributed by atoms with Gasteiger partial charge in [0.25, 0.3) is 5.91 Å². The van der Waals surface area contributed by atoms with E-state index < -0.39 is 5.54 Å². The zero-order chi connectivity index (χ0) is 24.4. The normalized spacial score (nSPS) is 21.5. The molecule has 1 atom stereocenters. The number of carbonyl (C=O) groups excluding carboxylic acids is 3. The minimum absolute atomic E-state index is 0.0606. The molecule has 1 saturated heterocycles. The van der Waals surface area contributed by atoms with Gasteiger partial charge in [0.2, 0.25) is 5.91 Å². The van der Waals surface area contributed by atoms with Crippen molar-refractivity contribution in [3.8, 4) is 0 Å². The molecule has 0 N–H and O–H groups in total. The molecule has 3 heterocycles. The summed E-state index contributed by atoms with van der Waals surface area (Å²) in [5, 5.41) is 0.968. The van der Waals surface area contributed by atoms with E-state index in [9.17, 15) is 14.4 Å². The van der Waals surface area contributed by atoms with E-state index in [-0.39, 0.29) is 23.3 Å². The first-order valence-electron chi connectivity index (χ1n) is 11.4. The monoisotopic (exact) mass is 456 g/mol. The number of carbonyl (C=O) groups is 3. The van der Waals surface area contributed by atoms with Gasteiger partial charge in [-0.15, -0.1) is 0 Å². The first-order valence-corrected chi connectivity index (χ1v) is 11.4. The molecule has 0 saturated carbocycles. The summed E-state index contributed by atoms with van der Waals surface area (Å²) in [6.07, 6.45) is 2.10. The number of hydrogen-bond acceptors (Lipinski definition) is 4. The number of para-hydroxylation sites is 1. The van der Waals surface area contributed by atoms with Gasteiger partial charge in [-0.05, 0) is 42.3 Å². The van der Waals surface area contributed by atoms with Crippen LogP contribution < -0.4 is 9.80 Å². The summed E-state index contributed by atoms with van der Waals surface area (Å²) >= 11 is 0. The molecule has 1 fully saturated rings. The standard InChI is InChI=1S/C27H28N4O3/c1-17(32)30-16-26(2,3)21-11-10-19(14-23(21)30)31-24(33)27(4,29(5)25(31)34)15-18-12-13-28-22-9-7-6-8-20(18)22/h6-14H,15-16H2,1-5H3/t27-/m0/s1. The summed E-state index contributed by atoms with van der Waals surface area (Å²) in [5.41, 5.74) is 2.82. The predicted octanol–water partition coefficient (Wildman–Crippen LogP) is 4.28. The molecule has 5 rings (SSSR count). The van der Waals surface area contributed by atoms with Gasteiger partial charge in [0.05, 0.1) is 11.2 Å². The van der Waals surface area contributed by atoms with Crippen LogP contribution in [0.25, 0.3) is 10.9 Å². The molecule has 0 aliphatic carbocycles. The predicted molar refractivity (Wildman–Crippen MR) is 132 cm³/mol. The van der Waals surface area contributed by atoms with Gasteiger partial charge < -0.3 is 9.80 Å². The topological polar surface area (TPSA) is 73.8 Å². The van der Waals surface area contributed by atoms with Gasteiger partial charge in [-0.25, -0.2) is 9.69 Å². The number of amides is 4. The molecule has 4 amide bonds. The lowest BCUT2D eigenvalue weighted by Crippen LogP contribution is -2.47. The number of anilines is 2. The van der Waals surface area contributed by atoms with Gasteiger partial charge in [0.15, 0.2) is 0 Å². The van der Waals surface area contributed by atoms with E-state index in [0.717, 1.165) is 27.7 Å². The van der Waals surface area contributed by atoms with Crippen molar-refractivity contribution in [2.45, 2.75) is 45.1 Å². The van der Waals surface area contributed by atoms with Crippen LogP contribution in [-0.2, 0) is 21.4 Å². The highest BCUT2D eigenvalue weighted by atomic mass is 16.2. The smallest absolute Gasteiger partial charge is 0.312 e. The lowest BCUT2D eigenvalue weighted by molar-refractivity contribution is -0.123. The summed E-state index contributed by atoms with van der Waals surface area (Å²) in [6, 6.07) is 14.9. The summed E-state index contributed by atoms with van der Waals surface area (Å²) in [7, 11) is 1.67. The second-order valence-corrected chi connectivity index (χ2v) is 10.1. The van der Waals surface area contributed by atoms with E-state index in [2.05, 4.69) is 18.8 Å². The first kappa shape index (κ1) is 22.1. The molecule has 174 valence electrons. The molecule has 7 nitrogen and oxygen atoms in total. The van der Waals surface area contributed by atoms with E-state index in [0.29, 0.717) is 18.7 Å². The van der Waals surface area contributed by atoms with Crippen molar-refractivity contribution in [3.63, 3.8) is 0 Å². The van der Waals surface area contributed by atoms with E-state index in [1.54, 1.807) is 37.2 Å². The van der Waals surface area contributed by atoms with E-state index >= 15 is 0 Å². The molecule has 2 aliphatic heterocycles. The third-order valence-electron chi connectivity index (χ3n) is 7.35. The van der Waals surface area contributed by atoms with Gasteiger partial charge in [0.1, 0.15) is 5.54 Å². The van der Waals surface area contributed by atoms with Crippen LogP contribution in [0.2, 0.25) is 0 Å². The Morgan fingerprint density at radius 2 is 1.79 bits per heavy atom. The fourth-order valence-corrected chi connectivity index (χ4v) is 5.24. The molecular formula is C27H28N4O3. The molecule has 1 aromatic heterocycles. The van der Waals surface area contributed by atoms with E-state index in [1.165, 1.54) is 16.7 Å².